The van der Waals surface area contributed by atoms with Crippen molar-refractivity contribution >= 4 is 32.6 Å². The third kappa shape index (κ3) is 3.52. The zero-order valence-electron chi connectivity index (χ0n) is 19.6. The average Bonchev–Trinajstić information content (AvgIpc) is 2.97. The van der Waals surface area contributed by atoms with Gasteiger partial charge in [-0.25, -0.2) is 9.97 Å². The van der Waals surface area contributed by atoms with Gasteiger partial charge in [-0.1, -0.05) is 121 Å². The Morgan fingerprint density at radius 3 is 1.56 bits per heavy atom. The maximum Gasteiger partial charge on any atom is 0.0972 e. The lowest BCUT2D eigenvalue weighted by molar-refractivity contribution is 1.36. The van der Waals surface area contributed by atoms with E-state index in [9.17, 15) is 0 Å². The predicted molar refractivity (Wildman–Crippen MR) is 151 cm³/mol. The Hall–Kier alpha value is -4.82. The Bertz CT molecular complexity index is 1870. The van der Waals surface area contributed by atoms with Gasteiger partial charge in [0.25, 0.3) is 0 Å². The highest BCUT2D eigenvalue weighted by Gasteiger charge is 2.10. The molecular formula is C34H22N2. The molecule has 0 saturated carbocycles. The van der Waals surface area contributed by atoms with Crippen LogP contribution in [0.1, 0.15) is 0 Å². The van der Waals surface area contributed by atoms with Crippen molar-refractivity contribution in [1.29, 1.82) is 0 Å². The van der Waals surface area contributed by atoms with E-state index in [-0.39, 0.29) is 0 Å². The van der Waals surface area contributed by atoms with Crippen molar-refractivity contribution in [2.75, 3.05) is 0 Å². The molecule has 0 N–H and O–H groups in total. The highest BCUT2D eigenvalue weighted by atomic mass is 14.8. The van der Waals surface area contributed by atoms with Gasteiger partial charge in [-0.15, -0.1) is 0 Å². The van der Waals surface area contributed by atoms with Crippen molar-refractivity contribution in [3.63, 3.8) is 0 Å². The molecule has 0 saturated heterocycles. The predicted octanol–water partition coefficient (Wildman–Crippen LogP) is 8.94. The fraction of sp³-hybridized carbons (Fsp3) is 0. The standard InChI is InChI=1S/C34H22N2/c1-2-8-25(9-3-1)31-21-19-27-17-18-28-20-22-32(36-34(28)33(27)35-31)26-15-13-24(14-16-26)30-12-6-10-23-7-4-5-11-29(23)30/h1-22H. The highest BCUT2D eigenvalue weighted by molar-refractivity contribution is 6.04. The first-order valence-corrected chi connectivity index (χ1v) is 12.2. The van der Waals surface area contributed by atoms with Crippen LogP contribution < -0.4 is 0 Å². The largest absolute Gasteiger partial charge is 0.245 e. The summed E-state index contributed by atoms with van der Waals surface area (Å²) in [5.74, 6) is 0. The molecule has 0 radical (unpaired) electrons. The summed E-state index contributed by atoms with van der Waals surface area (Å²) in [4.78, 5) is 10.1. The number of nitrogens with zero attached hydrogens (tertiary/aromatic N) is 2. The first-order chi connectivity index (χ1) is 17.8. The van der Waals surface area contributed by atoms with E-state index in [0.29, 0.717) is 0 Å². The molecule has 2 heteroatoms. The lowest BCUT2D eigenvalue weighted by Crippen LogP contribution is -1.91. The van der Waals surface area contributed by atoms with Crippen LogP contribution in [0.15, 0.2) is 133 Å². The molecule has 0 aliphatic heterocycles. The van der Waals surface area contributed by atoms with Crippen LogP contribution in [0.25, 0.3) is 66.2 Å². The molecule has 36 heavy (non-hydrogen) atoms. The number of aromatic nitrogens is 2. The molecule has 0 bridgehead atoms. The molecule has 0 aliphatic rings. The van der Waals surface area contributed by atoms with Crippen molar-refractivity contribution in [2.24, 2.45) is 0 Å². The van der Waals surface area contributed by atoms with Gasteiger partial charge in [0, 0.05) is 21.9 Å². The number of hydrogen-bond donors (Lipinski definition) is 0. The lowest BCUT2D eigenvalue weighted by atomic mass is 9.97. The number of benzene rings is 5. The summed E-state index contributed by atoms with van der Waals surface area (Å²) in [5.41, 5.74) is 8.43. The SMILES string of the molecule is c1ccc(-c2ccc3ccc4ccc(-c5ccc(-c6cccc7ccccc67)cc5)nc4c3n2)cc1. The summed E-state index contributed by atoms with van der Waals surface area (Å²) in [7, 11) is 0. The van der Waals surface area contributed by atoms with Crippen LogP contribution in [0.2, 0.25) is 0 Å². The average molecular weight is 459 g/mol. The van der Waals surface area contributed by atoms with Gasteiger partial charge >= 0.3 is 0 Å². The maximum atomic E-state index is 5.10. The molecule has 5 aromatic carbocycles. The smallest absolute Gasteiger partial charge is 0.0972 e. The topological polar surface area (TPSA) is 25.8 Å². The van der Waals surface area contributed by atoms with E-state index >= 15 is 0 Å². The molecule has 7 rings (SSSR count). The molecule has 168 valence electrons. The number of fused-ring (bicyclic) bond motifs is 4. The lowest BCUT2D eigenvalue weighted by Gasteiger charge is -2.10. The fourth-order valence-electron chi connectivity index (χ4n) is 5.00. The Morgan fingerprint density at radius 2 is 0.861 bits per heavy atom. The molecular weight excluding hydrogens is 436 g/mol. The van der Waals surface area contributed by atoms with Crippen molar-refractivity contribution in [2.45, 2.75) is 0 Å². The Kier molecular flexibility index (Phi) is 4.82. The van der Waals surface area contributed by atoms with E-state index in [1.54, 1.807) is 0 Å². The molecule has 2 aromatic heterocycles. The van der Waals surface area contributed by atoms with Crippen molar-refractivity contribution < 1.29 is 0 Å². The van der Waals surface area contributed by atoms with Gasteiger partial charge in [-0.2, -0.15) is 0 Å². The normalized spacial score (nSPS) is 11.3. The molecule has 0 spiro atoms. The minimum absolute atomic E-state index is 0.931. The van der Waals surface area contributed by atoms with E-state index in [1.165, 1.54) is 21.9 Å². The second kappa shape index (κ2) is 8.44. The van der Waals surface area contributed by atoms with Crippen molar-refractivity contribution in [3.05, 3.63) is 133 Å². The second-order valence-electron chi connectivity index (χ2n) is 9.07. The first-order valence-electron chi connectivity index (χ1n) is 12.2. The van der Waals surface area contributed by atoms with E-state index in [1.807, 2.05) is 18.2 Å². The van der Waals surface area contributed by atoms with Gasteiger partial charge in [0.1, 0.15) is 0 Å². The van der Waals surface area contributed by atoms with Crippen LogP contribution in [0.4, 0.5) is 0 Å². The second-order valence-corrected chi connectivity index (χ2v) is 9.07. The van der Waals surface area contributed by atoms with Gasteiger partial charge in [0.2, 0.25) is 0 Å². The van der Waals surface area contributed by atoms with Crippen LogP contribution in [-0.4, -0.2) is 9.97 Å². The van der Waals surface area contributed by atoms with Crippen LogP contribution >= 0.6 is 0 Å². The number of pyridine rings is 2. The maximum absolute atomic E-state index is 5.10. The van der Waals surface area contributed by atoms with Crippen molar-refractivity contribution in [1.82, 2.24) is 9.97 Å². The van der Waals surface area contributed by atoms with E-state index in [0.717, 1.165) is 44.3 Å². The summed E-state index contributed by atoms with van der Waals surface area (Å²) in [6.07, 6.45) is 0. The molecule has 7 aromatic rings. The summed E-state index contributed by atoms with van der Waals surface area (Å²) in [5, 5.41) is 4.71. The van der Waals surface area contributed by atoms with Gasteiger partial charge in [0.15, 0.2) is 0 Å². The van der Waals surface area contributed by atoms with E-state index in [4.69, 9.17) is 9.97 Å². The van der Waals surface area contributed by atoms with Crippen LogP contribution in [0, 0.1) is 0 Å². The fourth-order valence-corrected chi connectivity index (χ4v) is 5.00. The zero-order chi connectivity index (χ0) is 23.9. The minimum atomic E-state index is 0.931. The number of rotatable bonds is 3. The van der Waals surface area contributed by atoms with Crippen molar-refractivity contribution in [3.8, 4) is 33.6 Å². The first kappa shape index (κ1) is 20.5. The molecule has 0 unspecified atom stereocenters. The summed E-state index contributed by atoms with van der Waals surface area (Å²) in [6, 6.07) is 46.7. The van der Waals surface area contributed by atoms with Gasteiger partial charge in [-0.05, 0) is 34.0 Å². The van der Waals surface area contributed by atoms with Crippen LogP contribution in [0.3, 0.4) is 0 Å². The molecule has 2 heterocycles. The zero-order valence-corrected chi connectivity index (χ0v) is 19.6. The molecule has 0 fully saturated rings. The van der Waals surface area contributed by atoms with Gasteiger partial charge in [0.05, 0.1) is 22.4 Å². The summed E-state index contributed by atoms with van der Waals surface area (Å²) < 4.78 is 0. The monoisotopic (exact) mass is 458 g/mol. The van der Waals surface area contributed by atoms with Gasteiger partial charge < -0.3 is 0 Å². The van der Waals surface area contributed by atoms with Crippen LogP contribution in [0.5, 0.6) is 0 Å². The molecule has 0 atom stereocenters. The Morgan fingerprint density at radius 1 is 0.333 bits per heavy atom. The molecule has 0 aliphatic carbocycles. The minimum Gasteiger partial charge on any atom is -0.245 e. The Labute approximate surface area is 209 Å². The highest BCUT2D eigenvalue weighted by Crippen LogP contribution is 2.32. The summed E-state index contributed by atoms with van der Waals surface area (Å²) >= 11 is 0. The molecule has 2 nitrogen and oxygen atoms in total. The van der Waals surface area contributed by atoms with Crippen LogP contribution in [-0.2, 0) is 0 Å². The third-order valence-corrected chi connectivity index (χ3v) is 6.87. The van der Waals surface area contributed by atoms with E-state index in [2.05, 4.69) is 115 Å². The molecule has 0 amide bonds. The summed E-state index contributed by atoms with van der Waals surface area (Å²) in [6.45, 7) is 0. The quantitative estimate of drug-likeness (QED) is 0.247. The Balaban J connectivity index is 1.32. The van der Waals surface area contributed by atoms with Gasteiger partial charge in [-0.3, -0.25) is 0 Å². The number of hydrogen-bond acceptors (Lipinski definition) is 2. The third-order valence-electron chi connectivity index (χ3n) is 6.87. The van der Waals surface area contributed by atoms with E-state index < -0.39 is 0 Å².